The van der Waals surface area contributed by atoms with Gasteiger partial charge < -0.3 is 11.1 Å². The van der Waals surface area contributed by atoms with Gasteiger partial charge in [0.15, 0.2) is 5.65 Å². The SMILES string of the molecule is NC(=O)c1cnn2c3c(cnc12)CNCC3. The van der Waals surface area contributed by atoms with E-state index in [-0.39, 0.29) is 0 Å². The molecule has 0 saturated heterocycles. The van der Waals surface area contributed by atoms with Gasteiger partial charge in [-0.1, -0.05) is 0 Å². The van der Waals surface area contributed by atoms with Crippen LogP contribution in [-0.4, -0.2) is 27.0 Å². The maximum absolute atomic E-state index is 11.2. The molecule has 3 heterocycles. The molecule has 2 aromatic heterocycles. The van der Waals surface area contributed by atoms with E-state index in [2.05, 4.69) is 15.4 Å². The van der Waals surface area contributed by atoms with Crippen molar-refractivity contribution >= 4 is 11.6 Å². The third-order valence-corrected chi connectivity index (χ3v) is 2.83. The zero-order valence-electron chi connectivity index (χ0n) is 8.60. The van der Waals surface area contributed by atoms with Gasteiger partial charge in [0.05, 0.1) is 11.9 Å². The molecule has 0 saturated carbocycles. The summed E-state index contributed by atoms with van der Waals surface area (Å²) in [5.74, 6) is -0.489. The molecule has 82 valence electrons. The number of carbonyl (C=O) groups is 1. The predicted octanol–water partition coefficient (Wildman–Crippen LogP) is -0.526. The van der Waals surface area contributed by atoms with Crippen LogP contribution >= 0.6 is 0 Å². The molecule has 6 heteroatoms. The van der Waals surface area contributed by atoms with Gasteiger partial charge in [-0.25, -0.2) is 9.50 Å². The molecular weight excluding hydrogens is 206 g/mol. The molecule has 0 aliphatic carbocycles. The molecule has 1 amide bonds. The van der Waals surface area contributed by atoms with Crippen molar-refractivity contribution in [2.75, 3.05) is 6.54 Å². The first-order valence-electron chi connectivity index (χ1n) is 5.12. The second kappa shape index (κ2) is 3.28. The summed E-state index contributed by atoms with van der Waals surface area (Å²) in [6, 6.07) is 0. The Morgan fingerprint density at radius 2 is 2.38 bits per heavy atom. The lowest BCUT2D eigenvalue weighted by atomic mass is 10.1. The monoisotopic (exact) mass is 217 g/mol. The van der Waals surface area contributed by atoms with Gasteiger partial charge >= 0.3 is 0 Å². The fraction of sp³-hybridized carbons (Fsp3) is 0.300. The van der Waals surface area contributed by atoms with Crippen molar-refractivity contribution in [1.82, 2.24) is 19.9 Å². The first-order valence-corrected chi connectivity index (χ1v) is 5.12. The predicted molar refractivity (Wildman–Crippen MR) is 56.9 cm³/mol. The smallest absolute Gasteiger partial charge is 0.254 e. The average Bonchev–Trinajstić information content (AvgIpc) is 2.73. The van der Waals surface area contributed by atoms with Crippen molar-refractivity contribution in [2.24, 2.45) is 5.73 Å². The van der Waals surface area contributed by atoms with Crippen LogP contribution in [0.3, 0.4) is 0 Å². The number of aromatic nitrogens is 3. The molecule has 1 aliphatic rings. The highest BCUT2D eigenvalue weighted by molar-refractivity contribution is 5.98. The van der Waals surface area contributed by atoms with E-state index < -0.39 is 5.91 Å². The van der Waals surface area contributed by atoms with Crippen molar-refractivity contribution in [3.63, 3.8) is 0 Å². The van der Waals surface area contributed by atoms with E-state index in [1.807, 2.05) is 0 Å². The molecular formula is C10H11N5O. The number of hydrogen-bond donors (Lipinski definition) is 2. The Morgan fingerprint density at radius 1 is 1.50 bits per heavy atom. The molecule has 2 aromatic rings. The molecule has 1 aliphatic heterocycles. The van der Waals surface area contributed by atoms with Crippen LogP contribution in [0.1, 0.15) is 21.6 Å². The topological polar surface area (TPSA) is 85.3 Å². The summed E-state index contributed by atoms with van der Waals surface area (Å²) in [5, 5.41) is 7.44. The minimum atomic E-state index is -0.489. The largest absolute Gasteiger partial charge is 0.365 e. The van der Waals surface area contributed by atoms with Crippen LogP contribution in [0.5, 0.6) is 0 Å². The summed E-state index contributed by atoms with van der Waals surface area (Å²) >= 11 is 0. The fourth-order valence-electron chi connectivity index (χ4n) is 2.03. The molecule has 3 N–H and O–H groups in total. The Kier molecular flexibility index (Phi) is 1.90. The van der Waals surface area contributed by atoms with Gasteiger partial charge in [0.1, 0.15) is 5.56 Å². The minimum absolute atomic E-state index is 0.376. The second-order valence-electron chi connectivity index (χ2n) is 3.81. The van der Waals surface area contributed by atoms with E-state index in [4.69, 9.17) is 5.73 Å². The van der Waals surface area contributed by atoms with Crippen LogP contribution in [-0.2, 0) is 13.0 Å². The van der Waals surface area contributed by atoms with E-state index in [9.17, 15) is 4.79 Å². The molecule has 0 bridgehead atoms. The Hall–Kier alpha value is -1.95. The third-order valence-electron chi connectivity index (χ3n) is 2.83. The Morgan fingerprint density at radius 3 is 3.19 bits per heavy atom. The number of nitrogens with one attached hydrogen (secondary N) is 1. The second-order valence-corrected chi connectivity index (χ2v) is 3.81. The molecule has 0 unspecified atom stereocenters. The maximum atomic E-state index is 11.2. The quantitative estimate of drug-likeness (QED) is 0.672. The van der Waals surface area contributed by atoms with Gasteiger partial charge in [0, 0.05) is 31.3 Å². The summed E-state index contributed by atoms with van der Waals surface area (Å²) in [5.41, 5.74) is 8.41. The number of nitrogens with two attached hydrogens (primary N) is 1. The molecule has 0 spiro atoms. The third kappa shape index (κ3) is 1.20. The number of primary amides is 1. The van der Waals surface area contributed by atoms with E-state index in [0.29, 0.717) is 11.2 Å². The van der Waals surface area contributed by atoms with Crippen molar-refractivity contribution in [2.45, 2.75) is 13.0 Å². The Labute approximate surface area is 91.5 Å². The van der Waals surface area contributed by atoms with E-state index >= 15 is 0 Å². The van der Waals surface area contributed by atoms with Crippen LogP contribution in [0, 0.1) is 0 Å². The molecule has 6 nitrogen and oxygen atoms in total. The van der Waals surface area contributed by atoms with Crippen molar-refractivity contribution < 1.29 is 4.79 Å². The zero-order valence-corrected chi connectivity index (χ0v) is 8.60. The summed E-state index contributed by atoms with van der Waals surface area (Å²) in [6.07, 6.45) is 4.15. The zero-order chi connectivity index (χ0) is 11.1. The van der Waals surface area contributed by atoms with Crippen LogP contribution in [0.4, 0.5) is 0 Å². The summed E-state index contributed by atoms with van der Waals surface area (Å²) < 4.78 is 1.72. The van der Waals surface area contributed by atoms with Gasteiger partial charge in [-0.2, -0.15) is 5.10 Å². The average molecular weight is 217 g/mol. The summed E-state index contributed by atoms with van der Waals surface area (Å²) in [6.45, 7) is 1.71. The van der Waals surface area contributed by atoms with Gasteiger partial charge in [0.25, 0.3) is 5.91 Å². The van der Waals surface area contributed by atoms with Gasteiger partial charge in [-0.05, 0) is 0 Å². The van der Waals surface area contributed by atoms with Crippen LogP contribution in [0.25, 0.3) is 5.65 Å². The number of rotatable bonds is 1. The molecule has 3 rings (SSSR count). The highest BCUT2D eigenvalue weighted by atomic mass is 16.1. The summed E-state index contributed by atoms with van der Waals surface area (Å²) in [7, 11) is 0. The van der Waals surface area contributed by atoms with Gasteiger partial charge in [-0.3, -0.25) is 4.79 Å². The normalized spacial score (nSPS) is 15.0. The number of carbonyl (C=O) groups excluding carboxylic acids is 1. The van der Waals surface area contributed by atoms with Crippen molar-refractivity contribution in [1.29, 1.82) is 0 Å². The first kappa shape index (κ1) is 9.29. The van der Waals surface area contributed by atoms with Gasteiger partial charge in [0.2, 0.25) is 0 Å². The fourth-order valence-corrected chi connectivity index (χ4v) is 2.03. The number of amides is 1. The molecule has 16 heavy (non-hydrogen) atoms. The molecule has 0 aromatic carbocycles. The maximum Gasteiger partial charge on any atom is 0.254 e. The molecule has 0 fully saturated rings. The van der Waals surface area contributed by atoms with Crippen molar-refractivity contribution in [3.05, 3.63) is 29.2 Å². The Bertz CT molecular complexity index is 574. The number of hydrogen-bond acceptors (Lipinski definition) is 4. The van der Waals surface area contributed by atoms with E-state index in [1.165, 1.54) is 6.20 Å². The summed E-state index contributed by atoms with van der Waals surface area (Å²) in [4.78, 5) is 15.4. The standard InChI is InChI=1S/C10H11N5O/c11-9(16)7-5-14-15-8-1-2-12-3-6(8)4-13-10(7)15/h4-5,12H,1-3H2,(H2,11,16). The van der Waals surface area contributed by atoms with Crippen LogP contribution in [0.2, 0.25) is 0 Å². The number of nitrogens with zero attached hydrogens (tertiary/aromatic N) is 3. The molecule has 0 radical (unpaired) electrons. The van der Waals surface area contributed by atoms with Crippen LogP contribution in [0.15, 0.2) is 12.4 Å². The first-order chi connectivity index (χ1) is 7.77. The van der Waals surface area contributed by atoms with E-state index in [1.54, 1.807) is 10.7 Å². The lowest BCUT2D eigenvalue weighted by Crippen LogP contribution is -2.26. The van der Waals surface area contributed by atoms with Gasteiger partial charge in [-0.15, -0.1) is 0 Å². The lowest BCUT2D eigenvalue weighted by Gasteiger charge is -2.17. The van der Waals surface area contributed by atoms with E-state index in [0.717, 1.165) is 30.8 Å². The highest BCUT2D eigenvalue weighted by Crippen LogP contribution is 2.16. The molecule has 0 atom stereocenters. The minimum Gasteiger partial charge on any atom is -0.365 e. The van der Waals surface area contributed by atoms with Crippen LogP contribution < -0.4 is 11.1 Å². The number of fused-ring (bicyclic) bond motifs is 3. The highest BCUT2D eigenvalue weighted by Gasteiger charge is 2.17. The lowest BCUT2D eigenvalue weighted by molar-refractivity contribution is 0.100. The Balaban J connectivity index is 2.29. The van der Waals surface area contributed by atoms with Crippen molar-refractivity contribution in [3.8, 4) is 0 Å².